The fourth-order valence-corrected chi connectivity index (χ4v) is 3.43. The Hall–Kier alpha value is -1.93. The largest absolute Gasteiger partial charge is 0.463 e. The van der Waals surface area contributed by atoms with Crippen molar-refractivity contribution in [1.82, 2.24) is 4.90 Å². The Morgan fingerprint density at radius 2 is 2.10 bits per heavy atom. The van der Waals surface area contributed by atoms with Crippen LogP contribution in [-0.2, 0) is 0 Å². The summed E-state index contributed by atoms with van der Waals surface area (Å²) in [4.78, 5) is 14.5. The Morgan fingerprint density at radius 3 is 2.76 bits per heavy atom. The van der Waals surface area contributed by atoms with Gasteiger partial charge in [0.2, 0.25) is 0 Å². The standard InChI is InChI=1S/C16H16N2O2S/c1-21-16(11-17)6-8-18(9-7-16)15(19)13-10-20-14-5-3-2-4-12(13)14/h2-5,10H,6-9H2,1H3. The van der Waals surface area contributed by atoms with E-state index in [1.54, 1.807) is 11.8 Å². The number of furan rings is 1. The number of nitrogens with zero attached hydrogens (tertiary/aromatic N) is 2. The number of fused-ring (bicyclic) bond motifs is 1. The first-order valence-corrected chi connectivity index (χ1v) is 8.13. The predicted molar refractivity (Wildman–Crippen MR) is 83.2 cm³/mol. The summed E-state index contributed by atoms with van der Waals surface area (Å²) >= 11 is 1.59. The Bertz CT molecular complexity index is 708. The lowest BCUT2D eigenvalue weighted by atomic mass is 9.96. The normalized spacial score (nSPS) is 17.6. The molecule has 0 bridgehead atoms. The van der Waals surface area contributed by atoms with Crippen molar-refractivity contribution in [2.45, 2.75) is 17.6 Å². The molecule has 0 saturated carbocycles. The highest BCUT2D eigenvalue weighted by atomic mass is 32.2. The SMILES string of the molecule is CSC1(C#N)CCN(C(=O)c2coc3ccccc23)CC1. The molecule has 2 heterocycles. The van der Waals surface area contributed by atoms with Crippen LogP contribution in [0.4, 0.5) is 0 Å². The van der Waals surface area contributed by atoms with Gasteiger partial charge in [0.15, 0.2) is 0 Å². The van der Waals surface area contributed by atoms with Crippen molar-refractivity contribution in [2.75, 3.05) is 19.3 Å². The van der Waals surface area contributed by atoms with Gasteiger partial charge in [-0.05, 0) is 25.2 Å². The number of thioether (sulfide) groups is 1. The third-order valence-electron chi connectivity index (χ3n) is 4.16. The number of likely N-dealkylation sites (tertiary alicyclic amines) is 1. The molecule has 0 spiro atoms. The third kappa shape index (κ3) is 2.40. The minimum absolute atomic E-state index is 0.00686. The number of rotatable bonds is 2. The fraction of sp³-hybridized carbons (Fsp3) is 0.375. The van der Waals surface area contributed by atoms with E-state index in [9.17, 15) is 10.1 Å². The summed E-state index contributed by atoms with van der Waals surface area (Å²) in [5, 5.41) is 10.2. The van der Waals surface area contributed by atoms with Crippen LogP contribution in [0.15, 0.2) is 34.9 Å². The van der Waals surface area contributed by atoms with E-state index in [1.807, 2.05) is 35.4 Å². The average Bonchev–Trinajstić information content (AvgIpc) is 2.98. The monoisotopic (exact) mass is 300 g/mol. The van der Waals surface area contributed by atoms with Crippen molar-refractivity contribution in [2.24, 2.45) is 0 Å². The molecule has 0 N–H and O–H groups in total. The number of piperidine rings is 1. The molecule has 0 radical (unpaired) electrons. The zero-order valence-electron chi connectivity index (χ0n) is 11.8. The van der Waals surface area contributed by atoms with Gasteiger partial charge < -0.3 is 9.32 Å². The van der Waals surface area contributed by atoms with E-state index in [4.69, 9.17) is 4.42 Å². The predicted octanol–water partition coefficient (Wildman–Crippen LogP) is 3.29. The first-order valence-electron chi connectivity index (χ1n) is 6.91. The van der Waals surface area contributed by atoms with Gasteiger partial charge in [-0.1, -0.05) is 18.2 Å². The zero-order valence-corrected chi connectivity index (χ0v) is 12.7. The topological polar surface area (TPSA) is 57.2 Å². The highest BCUT2D eigenvalue weighted by molar-refractivity contribution is 8.00. The molecule has 0 aliphatic carbocycles. The summed E-state index contributed by atoms with van der Waals surface area (Å²) in [5.41, 5.74) is 1.34. The van der Waals surface area contributed by atoms with E-state index in [0.717, 1.165) is 11.0 Å². The molecule has 1 aliphatic rings. The van der Waals surface area contributed by atoms with Crippen LogP contribution >= 0.6 is 11.8 Å². The minimum atomic E-state index is -0.338. The lowest BCUT2D eigenvalue weighted by Gasteiger charge is -2.36. The lowest BCUT2D eigenvalue weighted by molar-refractivity contribution is 0.0717. The maximum atomic E-state index is 12.6. The molecule has 108 valence electrons. The number of benzene rings is 1. The molecule has 1 fully saturated rings. The Morgan fingerprint density at radius 1 is 1.38 bits per heavy atom. The number of carbonyl (C=O) groups excluding carboxylic acids is 1. The van der Waals surface area contributed by atoms with Gasteiger partial charge in [-0.3, -0.25) is 4.79 Å². The second kappa shape index (κ2) is 5.45. The first-order chi connectivity index (χ1) is 10.2. The lowest BCUT2D eigenvalue weighted by Crippen LogP contribution is -2.44. The van der Waals surface area contributed by atoms with Crippen LogP contribution in [0.3, 0.4) is 0 Å². The molecule has 2 aromatic rings. The molecular formula is C16H16N2O2S. The van der Waals surface area contributed by atoms with Crippen LogP contribution in [0, 0.1) is 11.3 Å². The van der Waals surface area contributed by atoms with Gasteiger partial charge in [-0.25, -0.2) is 0 Å². The average molecular weight is 300 g/mol. The maximum absolute atomic E-state index is 12.6. The molecule has 0 atom stereocenters. The van der Waals surface area contributed by atoms with Crippen molar-refractivity contribution in [3.63, 3.8) is 0 Å². The molecule has 0 unspecified atom stereocenters. The molecule has 1 aromatic heterocycles. The van der Waals surface area contributed by atoms with E-state index in [-0.39, 0.29) is 10.7 Å². The van der Waals surface area contributed by atoms with Crippen molar-refractivity contribution in [1.29, 1.82) is 5.26 Å². The van der Waals surface area contributed by atoms with Crippen LogP contribution in [-0.4, -0.2) is 34.9 Å². The molecule has 1 saturated heterocycles. The third-order valence-corrected chi connectivity index (χ3v) is 5.45. The van der Waals surface area contributed by atoms with Crippen LogP contribution in [0.5, 0.6) is 0 Å². The molecule has 21 heavy (non-hydrogen) atoms. The smallest absolute Gasteiger partial charge is 0.257 e. The molecule has 4 nitrogen and oxygen atoms in total. The summed E-state index contributed by atoms with van der Waals surface area (Å²) in [6.07, 6.45) is 4.93. The Kier molecular flexibility index (Phi) is 3.64. The molecule has 5 heteroatoms. The van der Waals surface area contributed by atoms with Crippen LogP contribution < -0.4 is 0 Å². The second-order valence-corrected chi connectivity index (χ2v) is 6.44. The zero-order chi connectivity index (χ0) is 14.9. The quantitative estimate of drug-likeness (QED) is 0.854. The first kappa shape index (κ1) is 14.0. The van der Waals surface area contributed by atoms with Gasteiger partial charge in [0.25, 0.3) is 5.91 Å². The van der Waals surface area contributed by atoms with Crippen molar-refractivity contribution in [3.8, 4) is 6.07 Å². The van der Waals surface area contributed by atoms with Gasteiger partial charge in [0.05, 0.1) is 11.6 Å². The highest BCUT2D eigenvalue weighted by Gasteiger charge is 2.36. The molecule has 1 aromatic carbocycles. The molecule has 1 aliphatic heterocycles. The Balaban J connectivity index is 1.80. The highest BCUT2D eigenvalue weighted by Crippen LogP contribution is 2.34. The number of hydrogen-bond acceptors (Lipinski definition) is 4. The second-order valence-electron chi connectivity index (χ2n) is 5.25. The summed E-state index contributed by atoms with van der Waals surface area (Å²) in [6, 6.07) is 9.95. The van der Waals surface area contributed by atoms with Gasteiger partial charge in [-0.2, -0.15) is 5.26 Å². The molecule has 3 rings (SSSR count). The van der Waals surface area contributed by atoms with E-state index in [1.165, 1.54) is 6.26 Å². The summed E-state index contributed by atoms with van der Waals surface area (Å²) in [7, 11) is 0. The Labute approximate surface area is 127 Å². The van der Waals surface area contributed by atoms with Crippen molar-refractivity contribution < 1.29 is 9.21 Å². The van der Waals surface area contributed by atoms with Crippen molar-refractivity contribution in [3.05, 3.63) is 36.1 Å². The van der Waals surface area contributed by atoms with E-state index in [0.29, 0.717) is 31.5 Å². The number of para-hydroxylation sites is 1. The summed E-state index contributed by atoms with van der Waals surface area (Å²) in [5.74, 6) is -0.00686. The number of hydrogen-bond donors (Lipinski definition) is 0. The number of carbonyl (C=O) groups is 1. The van der Waals surface area contributed by atoms with Crippen molar-refractivity contribution >= 4 is 28.6 Å². The molecule has 1 amide bonds. The van der Waals surface area contributed by atoms with E-state index in [2.05, 4.69) is 6.07 Å². The fourth-order valence-electron chi connectivity index (χ4n) is 2.75. The van der Waals surface area contributed by atoms with Crippen LogP contribution in [0.25, 0.3) is 11.0 Å². The maximum Gasteiger partial charge on any atom is 0.257 e. The minimum Gasteiger partial charge on any atom is -0.463 e. The number of nitriles is 1. The molecular weight excluding hydrogens is 284 g/mol. The van der Waals surface area contributed by atoms with Crippen LogP contribution in [0.1, 0.15) is 23.2 Å². The van der Waals surface area contributed by atoms with Gasteiger partial charge in [-0.15, -0.1) is 11.8 Å². The van der Waals surface area contributed by atoms with Gasteiger partial charge in [0, 0.05) is 18.5 Å². The van der Waals surface area contributed by atoms with Crippen LogP contribution in [0.2, 0.25) is 0 Å². The number of amides is 1. The summed E-state index contributed by atoms with van der Waals surface area (Å²) < 4.78 is 5.10. The van der Waals surface area contributed by atoms with E-state index < -0.39 is 0 Å². The van der Waals surface area contributed by atoms with Gasteiger partial charge >= 0.3 is 0 Å². The van der Waals surface area contributed by atoms with Gasteiger partial charge in [0.1, 0.15) is 16.6 Å². The van der Waals surface area contributed by atoms with E-state index >= 15 is 0 Å². The summed E-state index contributed by atoms with van der Waals surface area (Å²) in [6.45, 7) is 1.24.